The summed E-state index contributed by atoms with van der Waals surface area (Å²) < 4.78 is 5.25. The van der Waals surface area contributed by atoms with Crippen molar-refractivity contribution in [3.63, 3.8) is 0 Å². The van der Waals surface area contributed by atoms with Gasteiger partial charge in [0.1, 0.15) is 12.4 Å². The molecule has 13 heavy (non-hydrogen) atoms. The zero-order valence-corrected chi connectivity index (χ0v) is 8.09. The van der Waals surface area contributed by atoms with E-state index in [1.54, 1.807) is 0 Å². The first-order chi connectivity index (χ1) is 5.88. The lowest BCUT2D eigenvalue weighted by Gasteiger charge is -2.07. The van der Waals surface area contributed by atoms with Crippen molar-refractivity contribution in [1.82, 2.24) is 0 Å². The van der Waals surface area contributed by atoms with Gasteiger partial charge in [-0.3, -0.25) is 0 Å². The van der Waals surface area contributed by atoms with Crippen LogP contribution in [0.5, 0.6) is 5.75 Å². The maximum absolute atomic E-state index is 8.53. The van der Waals surface area contributed by atoms with Crippen LogP contribution in [0.4, 0.5) is 0 Å². The average Bonchev–Trinajstić information content (AvgIpc) is 2.15. The molecule has 0 atom stereocenters. The number of aliphatic hydroxyl groups is 1. The van der Waals surface area contributed by atoms with Gasteiger partial charge in [0.15, 0.2) is 0 Å². The molecule has 1 aromatic rings. The lowest BCUT2D eigenvalue weighted by Crippen LogP contribution is -2.05. The Hall–Kier alpha value is -0.770. The predicted octanol–water partition coefficient (Wildman–Crippen LogP) is 0.938. The van der Waals surface area contributed by atoms with Gasteiger partial charge in [-0.05, 0) is 6.07 Å². The first kappa shape index (κ1) is 12.2. The second kappa shape index (κ2) is 6.71. The number of hydrogen-bond donors (Lipinski definition) is 2. The minimum Gasteiger partial charge on any atom is -0.491 e. The van der Waals surface area contributed by atoms with Gasteiger partial charge in [-0.2, -0.15) is 0 Å². The molecule has 0 saturated carbocycles. The van der Waals surface area contributed by atoms with Crippen LogP contribution in [-0.2, 0) is 6.54 Å². The SMILES string of the molecule is Cl.NCc1ccccc1OCCO. The second-order valence-corrected chi connectivity index (χ2v) is 2.38. The number of hydrogen-bond acceptors (Lipinski definition) is 3. The topological polar surface area (TPSA) is 55.5 Å². The van der Waals surface area contributed by atoms with E-state index in [1.807, 2.05) is 24.3 Å². The molecular formula is C9H14ClNO2. The van der Waals surface area contributed by atoms with Gasteiger partial charge in [0, 0.05) is 12.1 Å². The van der Waals surface area contributed by atoms with Crippen LogP contribution in [0.15, 0.2) is 24.3 Å². The van der Waals surface area contributed by atoms with Gasteiger partial charge in [0.25, 0.3) is 0 Å². The van der Waals surface area contributed by atoms with Crippen LogP contribution >= 0.6 is 12.4 Å². The largest absolute Gasteiger partial charge is 0.491 e. The molecule has 0 fully saturated rings. The number of para-hydroxylation sites is 1. The molecule has 0 aliphatic carbocycles. The second-order valence-electron chi connectivity index (χ2n) is 2.38. The van der Waals surface area contributed by atoms with Crippen LogP contribution in [0, 0.1) is 0 Å². The van der Waals surface area contributed by atoms with Gasteiger partial charge >= 0.3 is 0 Å². The Morgan fingerprint density at radius 3 is 2.62 bits per heavy atom. The third-order valence-electron chi connectivity index (χ3n) is 1.54. The molecule has 3 nitrogen and oxygen atoms in total. The first-order valence-corrected chi connectivity index (χ1v) is 3.90. The molecule has 0 aliphatic rings. The zero-order chi connectivity index (χ0) is 8.81. The monoisotopic (exact) mass is 203 g/mol. The fourth-order valence-electron chi connectivity index (χ4n) is 0.969. The van der Waals surface area contributed by atoms with E-state index in [0.29, 0.717) is 13.2 Å². The van der Waals surface area contributed by atoms with Crippen LogP contribution in [0.2, 0.25) is 0 Å². The number of benzene rings is 1. The van der Waals surface area contributed by atoms with Crippen molar-refractivity contribution in [3.8, 4) is 5.75 Å². The third-order valence-corrected chi connectivity index (χ3v) is 1.54. The zero-order valence-electron chi connectivity index (χ0n) is 7.27. The molecule has 74 valence electrons. The van der Waals surface area contributed by atoms with Gasteiger partial charge in [0.05, 0.1) is 6.61 Å². The van der Waals surface area contributed by atoms with E-state index in [-0.39, 0.29) is 19.0 Å². The Kier molecular flexibility index (Phi) is 6.32. The van der Waals surface area contributed by atoms with E-state index in [4.69, 9.17) is 15.6 Å². The highest BCUT2D eigenvalue weighted by atomic mass is 35.5. The maximum atomic E-state index is 8.53. The summed E-state index contributed by atoms with van der Waals surface area (Å²) in [6.07, 6.45) is 0. The number of rotatable bonds is 4. The minimum atomic E-state index is 0. The van der Waals surface area contributed by atoms with Gasteiger partial charge in [-0.15, -0.1) is 12.4 Å². The normalized spacial score (nSPS) is 9.08. The minimum absolute atomic E-state index is 0. The van der Waals surface area contributed by atoms with Gasteiger partial charge < -0.3 is 15.6 Å². The molecule has 0 spiro atoms. The molecular weight excluding hydrogens is 190 g/mol. The molecule has 0 heterocycles. The van der Waals surface area contributed by atoms with E-state index in [9.17, 15) is 0 Å². The van der Waals surface area contributed by atoms with Crippen LogP contribution in [0.3, 0.4) is 0 Å². The molecule has 3 N–H and O–H groups in total. The Bertz CT molecular complexity index is 243. The van der Waals surface area contributed by atoms with Crippen molar-refractivity contribution in [1.29, 1.82) is 0 Å². The first-order valence-electron chi connectivity index (χ1n) is 3.90. The highest BCUT2D eigenvalue weighted by molar-refractivity contribution is 5.85. The van der Waals surface area contributed by atoms with E-state index in [1.165, 1.54) is 0 Å². The number of nitrogens with two attached hydrogens (primary N) is 1. The molecule has 0 saturated heterocycles. The van der Waals surface area contributed by atoms with Crippen molar-refractivity contribution in [3.05, 3.63) is 29.8 Å². The van der Waals surface area contributed by atoms with E-state index < -0.39 is 0 Å². The maximum Gasteiger partial charge on any atom is 0.123 e. The lowest BCUT2D eigenvalue weighted by molar-refractivity contribution is 0.200. The van der Waals surface area contributed by atoms with Gasteiger partial charge in [-0.1, -0.05) is 18.2 Å². The van der Waals surface area contributed by atoms with Gasteiger partial charge in [0.2, 0.25) is 0 Å². The molecule has 1 rings (SSSR count). The summed E-state index contributed by atoms with van der Waals surface area (Å²) in [4.78, 5) is 0. The summed E-state index contributed by atoms with van der Waals surface area (Å²) in [5.41, 5.74) is 6.44. The summed E-state index contributed by atoms with van der Waals surface area (Å²) in [5, 5.41) is 8.53. The fraction of sp³-hybridized carbons (Fsp3) is 0.333. The Labute approximate surface area is 83.9 Å². The van der Waals surface area contributed by atoms with E-state index in [0.717, 1.165) is 11.3 Å². The molecule has 1 aromatic carbocycles. The standard InChI is InChI=1S/C9H13NO2.ClH/c10-7-8-3-1-2-4-9(8)12-6-5-11;/h1-4,11H,5-7,10H2;1H. The lowest BCUT2D eigenvalue weighted by atomic mass is 10.2. The van der Waals surface area contributed by atoms with Crippen LogP contribution in [0.25, 0.3) is 0 Å². The summed E-state index contributed by atoms with van der Waals surface area (Å²) in [7, 11) is 0. The number of aliphatic hydroxyl groups excluding tert-OH is 1. The van der Waals surface area contributed by atoms with Crippen LogP contribution in [0.1, 0.15) is 5.56 Å². The molecule has 4 heteroatoms. The van der Waals surface area contributed by atoms with Crippen LogP contribution < -0.4 is 10.5 Å². The smallest absolute Gasteiger partial charge is 0.123 e. The molecule has 0 amide bonds. The van der Waals surface area contributed by atoms with Crippen molar-refractivity contribution >= 4 is 12.4 Å². The molecule has 0 radical (unpaired) electrons. The summed E-state index contributed by atoms with van der Waals surface area (Å²) in [6.45, 7) is 0.803. The molecule has 0 bridgehead atoms. The molecule has 0 aromatic heterocycles. The van der Waals surface area contributed by atoms with E-state index >= 15 is 0 Å². The Balaban J connectivity index is 0.00000144. The summed E-state index contributed by atoms with van der Waals surface area (Å²) >= 11 is 0. The van der Waals surface area contributed by atoms with Crippen molar-refractivity contribution < 1.29 is 9.84 Å². The van der Waals surface area contributed by atoms with Crippen molar-refractivity contribution in [2.24, 2.45) is 5.73 Å². The van der Waals surface area contributed by atoms with Crippen LogP contribution in [-0.4, -0.2) is 18.3 Å². The van der Waals surface area contributed by atoms with Crippen molar-refractivity contribution in [2.45, 2.75) is 6.54 Å². The number of halogens is 1. The molecule has 0 unspecified atom stereocenters. The summed E-state index contributed by atoms with van der Waals surface area (Å²) in [5.74, 6) is 0.758. The molecule has 0 aliphatic heterocycles. The Morgan fingerprint density at radius 1 is 1.31 bits per heavy atom. The van der Waals surface area contributed by atoms with E-state index in [2.05, 4.69) is 0 Å². The number of ether oxygens (including phenoxy) is 1. The Morgan fingerprint density at radius 2 is 2.00 bits per heavy atom. The highest BCUT2D eigenvalue weighted by Gasteiger charge is 1.98. The highest BCUT2D eigenvalue weighted by Crippen LogP contribution is 2.16. The van der Waals surface area contributed by atoms with Gasteiger partial charge in [-0.25, -0.2) is 0 Å². The fourth-order valence-corrected chi connectivity index (χ4v) is 0.969. The average molecular weight is 204 g/mol. The third kappa shape index (κ3) is 3.63. The van der Waals surface area contributed by atoms with Crippen molar-refractivity contribution in [2.75, 3.05) is 13.2 Å². The predicted molar refractivity (Wildman–Crippen MR) is 54.2 cm³/mol. The quantitative estimate of drug-likeness (QED) is 0.766. The summed E-state index contributed by atoms with van der Waals surface area (Å²) in [6, 6.07) is 7.55.